The lowest BCUT2D eigenvalue weighted by molar-refractivity contribution is -0.145. The summed E-state index contributed by atoms with van der Waals surface area (Å²) in [4.78, 5) is 23.5. The van der Waals surface area contributed by atoms with Gasteiger partial charge in [-0.2, -0.15) is 5.10 Å². The number of esters is 1. The van der Waals surface area contributed by atoms with Gasteiger partial charge in [-0.25, -0.2) is 10.2 Å². The molecule has 0 saturated carbocycles. The molecule has 2 aromatic rings. The average Bonchev–Trinajstić information content (AvgIpc) is 3.33. The molecule has 7 nitrogen and oxygen atoms in total. The van der Waals surface area contributed by atoms with Gasteiger partial charge in [-0.3, -0.25) is 4.79 Å². The number of benzene rings is 2. The molecule has 1 saturated heterocycles. The molecular weight excluding hydrogens is 690 g/mol. The predicted octanol–water partition coefficient (Wildman–Crippen LogP) is 4.85. The first kappa shape index (κ1) is 26.4. The maximum atomic E-state index is 12.0. The van der Waals surface area contributed by atoms with Gasteiger partial charge in [-0.1, -0.05) is 12.1 Å². The number of hydrogen-bond donors (Lipinski definition) is 1. The normalized spacial score (nSPS) is 13.8. The Morgan fingerprint density at radius 1 is 1.09 bits per heavy atom. The van der Waals surface area contributed by atoms with E-state index in [4.69, 9.17) is 14.2 Å². The van der Waals surface area contributed by atoms with Crippen molar-refractivity contribution in [2.45, 2.75) is 11.5 Å². The van der Waals surface area contributed by atoms with Crippen LogP contribution in [0.3, 0.4) is 0 Å². The first-order valence-electron chi connectivity index (χ1n) is 10.0. The van der Waals surface area contributed by atoms with Crippen molar-refractivity contribution >= 4 is 86.8 Å². The van der Waals surface area contributed by atoms with E-state index >= 15 is 0 Å². The van der Waals surface area contributed by atoms with Crippen molar-refractivity contribution in [3.05, 3.63) is 54.7 Å². The Labute approximate surface area is 228 Å². The first-order valence-corrected chi connectivity index (χ1v) is 14.3. The summed E-state index contributed by atoms with van der Waals surface area (Å²) >= 11 is 8.15. The van der Waals surface area contributed by atoms with Crippen LogP contribution in [0, 0.1) is 7.14 Å². The summed E-state index contributed by atoms with van der Waals surface area (Å²) in [5.41, 5.74) is 4.52. The van der Waals surface area contributed by atoms with Gasteiger partial charge in [-0.15, -0.1) is 23.5 Å². The number of nitrogens with one attached hydrogen (secondary N) is 1. The third-order valence-corrected chi connectivity index (χ3v) is 8.91. The molecule has 1 aliphatic heterocycles. The Morgan fingerprint density at radius 3 is 2.39 bits per heavy atom. The summed E-state index contributed by atoms with van der Waals surface area (Å²) in [5, 5.41) is 4.00. The van der Waals surface area contributed by atoms with E-state index in [0.29, 0.717) is 22.7 Å². The lowest BCUT2D eigenvalue weighted by atomic mass is 10.2. The van der Waals surface area contributed by atoms with Crippen LogP contribution in [-0.4, -0.2) is 49.4 Å². The number of hydrogen-bond acceptors (Lipinski definition) is 8. The minimum Gasteiger partial charge on any atom is -0.484 e. The molecule has 11 heteroatoms. The van der Waals surface area contributed by atoms with Crippen molar-refractivity contribution in [1.82, 2.24) is 5.43 Å². The Kier molecular flexibility index (Phi) is 10.9. The van der Waals surface area contributed by atoms with Gasteiger partial charge < -0.3 is 14.2 Å². The van der Waals surface area contributed by atoms with E-state index in [2.05, 4.69) is 55.7 Å². The number of hydrazone groups is 1. The SMILES string of the molecule is CCOC(=O)COc1c(I)cc(/C=N\NC(=O)COc2ccc(C3SCCS3)cc2)cc1I. The zero-order chi connectivity index (χ0) is 23.6. The Morgan fingerprint density at radius 2 is 1.76 bits per heavy atom. The van der Waals surface area contributed by atoms with Gasteiger partial charge in [0, 0.05) is 11.5 Å². The molecule has 1 amide bonds. The van der Waals surface area contributed by atoms with Crippen LogP contribution in [0.5, 0.6) is 11.5 Å². The molecule has 0 atom stereocenters. The third kappa shape index (κ3) is 8.51. The molecule has 1 aliphatic rings. The molecule has 176 valence electrons. The fourth-order valence-corrected chi connectivity index (χ4v) is 7.74. The van der Waals surface area contributed by atoms with Gasteiger partial charge in [0.2, 0.25) is 0 Å². The minimum absolute atomic E-state index is 0.126. The zero-order valence-corrected chi connectivity index (χ0v) is 23.7. The second-order valence-electron chi connectivity index (χ2n) is 6.63. The molecule has 0 aliphatic carbocycles. The number of thioether (sulfide) groups is 2. The monoisotopic (exact) mass is 712 g/mol. The average molecular weight is 712 g/mol. The molecule has 1 fully saturated rings. The topological polar surface area (TPSA) is 86.2 Å². The highest BCUT2D eigenvalue weighted by Crippen LogP contribution is 2.45. The maximum absolute atomic E-state index is 12.0. The van der Waals surface area contributed by atoms with Crippen LogP contribution < -0.4 is 14.9 Å². The van der Waals surface area contributed by atoms with Crippen LogP contribution in [-0.2, 0) is 14.3 Å². The first-order chi connectivity index (χ1) is 16.0. The predicted molar refractivity (Wildman–Crippen MR) is 149 cm³/mol. The van der Waals surface area contributed by atoms with Crippen LogP contribution in [0.1, 0.15) is 22.6 Å². The zero-order valence-electron chi connectivity index (χ0n) is 17.7. The highest BCUT2D eigenvalue weighted by atomic mass is 127. The van der Waals surface area contributed by atoms with Crippen LogP contribution in [0.25, 0.3) is 0 Å². The summed E-state index contributed by atoms with van der Waals surface area (Å²) < 4.78 is 18.1. The second-order valence-corrected chi connectivity index (χ2v) is 11.7. The van der Waals surface area contributed by atoms with E-state index in [0.717, 1.165) is 12.7 Å². The minimum atomic E-state index is -0.414. The largest absolute Gasteiger partial charge is 0.484 e. The Bertz CT molecular complexity index is 976. The van der Waals surface area contributed by atoms with Gasteiger partial charge >= 0.3 is 5.97 Å². The molecule has 1 N–H and O–H groups in total. The van der Waals surface area contributed by atoms with Crippen molar-refractivity contribution in [2.75, 3.05) is 31.3 Å². The van der Waals surface area contributed by atoms with Crippen LogP contribution >= 0.6 is 68.7 Å². The molecular formula is C22H22I2N2O5S2. The van der Waals surface area contributed by atoms with Crippen molar-refractivity contribution in [3.8, 4) is 11.5 Å². The van der Waals surface area contributed by atoms with Crippen molar-refractivity contribution in [2.24, 2.45) is 5.10 Å². The fourth-order valence-electron chi connectivity index (χ4n) is 2.76. The summed E-state index contributed by atoms with van der Waals surface area (Å²) in [7, 11) is 0. The summed E-state index contributed by atoms with van der Waals surface area (Å²) in [6.45, 7) is 1.79. The molecule has 0 aromatic heterocycles. The van der Waals surface area contributed by atoms with Crippen molar-refractivity contribution < 1.29 is 23.8 Å². The lowest BCUT2D eigenvalue weighted by Gasteiger charge is -2.11. The van der Waals surface area contributed by atoms with E-state index in [1.807, 2.05) is 59.9 Å². The number of ether oxygens (including phenoxy) is 3. The quantitative estimate of drug-likeness (QED) is 0.163. The number of carbonyl (C=O) groups is 2. The molecule has 0 unspecified atom stereocenters. The van der Waals surface area contributed by atoms with Gasteiger partial charge in [0.05, 0.1) is 24.5 Å². The van der Waals surface area contributed by atoms with Gasteiger partial charge in [0.1, 0.15) is 11.5 Å². The van der Waals surface area contributed by atoms with Crippen LogP contribution in [0.15, 0.2) is 41.5 Å². The number of halogens is 2. The van der Waals surface area contributed by atoms with Crippen LogP contribution in [0.2, 0.25) is 0 Å². The highest BCUT2D eigenvalue weighted by Gasteiger charge is 2.18. The van der Waals surface area contributed by atoms with Gasteiger partial charge in [0.25, 0.3) is 5.91 Å². The van der Waals surface area contributed by atoms with E-state index < -0.39 is 5.97 Å². The highest BCUT2D eigenvalue weighted by molar-refractivity contribution is 14.1. The maximum Gasteiger partial charge on any atom is 0.344 e. The second kappa shape index (κ2) is 13.6. The smallest absolute Gasteiger partial charge is 0.344 e. The molecule has 2 aromatic carbocycles. The van der Waals surface area contributed by atoms with E-state index in [1.54, 1.807) is 13.1 Å². The Balaban J connectivity index is 1.46. The summed E-state index contributed by atoms with van der Waals surface area (Å²) in [5.74, 6) is 2.85. The molecule has 1 heterocycles. The Hall–Kier alpha value is -1.19. The summed E-state index contributed by atoms with van der Waals surface area (Å²) in [6.07, 6.45) is 1.54. The standard InChI is InChI=1S/C22H22I2N2O5S2/c1-2-29-20(28)13-31-21-17(23)9-14(10-18(21)24)11-25-26-19(27)12-30-16-5-3-15(4-6-16)22-32-7-8-33-22/h3-6,9-11,22H,2,7-8,12-13H2,1H3,(H,26,27)/b25-11-. The summed E-state index contributed by atoms with van der Waals surface area (Å²) in [6, 6.07) is 11.6. The van der Waals surface area contributed by atoms with E-state index in [1.165, 1.54) is 17.1 Å². The molecule has 0 bridgehead atoms. The number of rotatable bonds is 10. The van der Waals surface area contributed by atoms with Gasteiger partial charge in [0.15, 0.2) is 13.2 Å². The lowest BCUT2D eigenvalue weighted by Crippen LogP contribution is -2.24. The molecule has 0 spiro atoms. The molecule has 33 heavy (non-hydrogen) atoms. The third-order valence-electron chi connectivity index (χ3n) is 4.21. The van der Waals surface area contributed by atoms with E-state index in [-0.39, 0.29) is 19.1 Å². The number of carbonyl (C=O) groups excluding carboxylic acids is 2. The molecule has 0 radical (unpaired) electrons. The number of nitrogens with zero attached hydrogens (tertiary/aromatic N) is 1. The van der Waals surface area contributed by atoms with Gasteiger partial charge in [-0.05, 0) is 87.5 Å². The van der Waals surface area contributed by atoms with Crippen molar-refractivity contribution in [1.29, 1.82) is 0 Å². The number of amides is 1. The fraction of sp³-hybridized carbons (Fsp3) is 0.318. The van der Waals surface area contributed by atoms with Crippen LogP contribution in [0.4, 0.5) is 0 Å². The van der Waals surface area contributed by atoms with E-state index in [9.17, 15) is 9.59 Å². The molecule has 3 rings (SSSR count). The van der Waals surface area contributed by atoms with Crippen molar-refractivity contribution in [3.63, 3.8) is 0 Å².